The van der Waals surface area contributed by atoms with Crippen molar-refractivity contribution in [1.82, 2.24) is 0 Å². The van der Waals surface area contributed by atoms with Crippen LogP contribution in [0.4, 0.5) is 0 Å². The van der Waals surface area contributed by atoms with Crippen LogP contribution in [0.5, 0.6) is 0 Å². The molecule has 0 unspecified atom stereocenters. The Kier molecular flexibility index (Phi) is 11.7. The van der Waals surface area contributed by atoms with Crippen LogP contribution in [-0.2, 0) is 8.85 Å². The normalized spacial score (nSPS) is 31.9. The average Bonchev–Trinajstić information content (AvgIpc) is 3.20. The minimum absolute atomic E-state index is 0.0290. The van der Waals surface area contributed by atoms with Gasteiger partial charge in [0.2, 0.25) is 0 Å². The highest BCUT2D eigenvalue weighted by molar-refractivity contribution is 6.74. The van der Waals surface area contributed by atoms with Crippen LogP contribution in [0.2, 0.25) is 36.3 Å². The second kappa shape index (κ2) is 13.6. The van der Waals surface area contributed by atoms with E-state index in [2.05, 4.69) is 100 Å². The van der Waals surface area contributed by atoms with Gasteiger partial charge in [0.05, 0.1) is 17.8 Å². The highest BCUT2D eigenvalue weighted by atomic mass is 28.4. The SMILES string of the molecule is C=C1C(=CC=C2CCC[C@]3(C)[C@@H]([C@H](C)CCCC(C)(C)O)CC[C@@H]23)C[C@@H](O[Si](C)(C)C(C)(C)C)C[C@@H]1O[Si](C)(C)C(C)(C)C. The van der Waals surface area contributed by atoms with E-state index in [9.17, 15) is 5.11 Å². The molecule has 0 saturated heterocycles. The van der Waals surface area contributed by atoms with Gasteiger partial charge in [0.1, 0.15) is 0 Å². The van der Waals surface area contributed by atoms with E-state index in [-0.39, 0.29) is 22.3 Å². The van der Waals surface area contributed by atoms with Gasteiger partial charge >= 0.3 is 0 Å². The van der Waals surface area contributed by atoms with E-state index in [1.165, 1.54) is 49.7 Å². The number of hydrogen-bond acceptors (Lipinski definition) is 3. The average molecular weight is 645 g/mol. The minimum Gasteiger partial charge on any atom is -0.413 e. The molecule has 3 aliphatic carbocycles. The molecule has 0 amide bonds. The summed E-state index contributed by atoms with van der Waals surface area (Å²) >= 11 is 0. The lowest BCUT2D eigenvalue weighted by molar-refractivity contribution is 0.0596. The van der Waals surface area contributed by atoms with Crippen LogP contribution in [0, 0.1) is 23.2 Å². The van der Waals surface area contributed by atoms with E-state index >= 15 is 0 Å². The third kappa shape index (κ3) is 8.91. The first-order valence-corrected chi connectivity index (χ1v) is 23.9. The molecule has 6 atom stereocenters. The van der Waals surface area contributed by atoms with Crippen LogP contribution >= 0.6 is 0 Å². The van der Waals surface area contributed by atoms with Gasteiger partial charge < -0.3 is 14.0 Å². The lowest BCUT2D eigenvalue weighted by Gasteiger charge is -2.46. The van der Waals surface area contributed by atoms with E-state index in [0.717, 1.165) is 31.6 Å². The zero-order chi connectivity index (χ0) is 33.5. The fourth-order valence-electron chi connectivity index (χ4n) is 8.04. The van der Waals surface area contributed by atoms with Crippen molar-refractivity contribution in [3.63, 3.8) is 0 Å². The fourth-order valence-corrected chi connectivity index (χ4v) is 10.7. The van der Waals surface area contributed by atoms with Gasteiger partial charge in [0.15, 0.2) is 16.6 Å². The Labute approximate surface area is 276 Å². The van der Waals surface area contributed by atoms with Crippen molar-refractivity contribution >= 4 is 16.6 Å². The molecule has 5 heteroatoms. The van der Waals surface area contributed by atoms with Crippen LogP contribution in [-0.4, -0.2) is 39.6 Å². The molecule has 44 heavy (non-hydrogen) atoms. The van der Waals surface area contributed by atoms with Gasteiger partial charge in [0, 0.05) is 6.42 Å². The van der Waals surface area contributed by atoms with Gasteiger partial charge in [0.25, 0.3) is 0 Å². The highest BCUT2D eigenvalue weighted by Crippen LogP contribution is 2.60. The summed E-state index contributed by atoms with van der Waals surface area (Å²) in [7, 11) is -3.89. The Hall–Kier alpha value is -0.466. The van der Waals surface area contributed by atoms with Gasteiger partial charge in [-0.1, -0.05) is 92.5 Å². The summed E-state index contributed by atoms with van der Waals surface area (Å²) in [5, 5.41) is 10.6. The Morgan fingerprint density at radius 1 is 0.955 bits per heavy atom. The molecule has 0 radical (unpaired) electrons. The Bertz CT molecular complexity index is 1060. The van der Waals surface area contributed by atoms with E-state index in [0.29, 0.717) is 17.3 Å². The van der Waals surface area contributed by atoms with Crippen molar-refractivity contribution in [2.75, 3.05) is 0 Å². The molecule has 3 aliphatic rings. The maximum atomic E-state index is 10.2. The van der Waals surface area contributed by atoms with Crippen molar-refractivity contribution in [3.8, 4) is 0 Å². The first-order chi connectivity index (χ1) is 19.9. The van der Waals surface area contributed by atoms with Gasteiger partial charge in [-0.15, -0.1) is 0 Å². The van der Waals surface area contributed by atoms with Crippen LogP contribution < -0.4 is 0 Å². The smallest absolute Gasteiger partial charge is 0.192 e. The van der Waals surface area contributed by atoms with Crippen molar-refractivity contribution in [1.29, 1.82) is 0 Å². The Morgan fingerprint density at radius 2 is 1.55 bits per heavy atom. The monoisotopic (exact) mass is 645 g/mol. The molecule has 0 aromatic heterocycles. The number of fused-ring (bicyclic) bond motifs is 1. The van der Waals surface area contributed by atoms with E-state index in [4.69, 9.17) is 8.85 Å². The molecule has 3 saturated carbocycles. The lowest BCUT2D eigenvalue weighted by Crippen LogP contribution is -2.49. The third-order valence-corrected chi connectivity index (χ3v) is 21.9. The van der Waals surface area contributed by atoms with Crippen molar-refractivity contribution in [2.24, 2.45) is 23.2 Å². The predicted octanol–water partition coefficient (Wildman–Crippen LogP) is 11.8. The second-order valence-corrected chi connectivity index (χ2v) is 28.6. The van der Waals surface area contributed by atoms with Crippen LogP contribution in [0.15, 0.2) is 35.5 Å². The summed E-state index contributed by atoms with van der Waals surface area (Å²) in [5.74, 6) is 2.18. The summed E-state index contributed by atoms with van der Waals surface area (Å²) in [6.45, 7) is 37.2. The summed E-state index contributed by atoms with van der Waals surface area (Å²) in [6, 6.07) is 0. The standard InChI is InChI=1S/C39H72O3Si2/c1-28(18-16-24-38(9,10)40)33-22-23-34-30(19-17-25-39(33,34)11)20-21-31-26-32(41-43(12,13)36(3,4)5)27-35(29(31)2)42-44(14,15)37(6,7)8/h20-21,28,32-35,40H,2,16-19,22-27H2,1,3-15H3/t28-,32-,33-,34+,35+,39-/m1/s1. The first-order valence-electron chi connectivity index (χ1n) is 18.0. The first kappa shape index (κ1) is 38.0. The molecule has 0 bridgehead atoms. The van der Waals surface area contributed by atoms with E-state index in [1.807, 2.05) is 13.8 Å². The zero-order valence-corrected chi connectivity index (χ0v) is 33.6. The molecule has 0 aliphatic heterocycles. The maximum Gasteiger partial charge on any atom is 0.192 e. The van der Waals surface area contributed by atoms with Crippen molar-refractivity contribution in [2.45, 2.75) is 188 Å². The van der Waals surface area contributed by atoms with Crippen molar-refractivity contribution < 1.29 is 14.0 Å². The molecule has 254 valence electrons. The topological polar surface area (TPSA) is 38.7 Å². The van der Waals surface area contributed by atoms with E-state index < -0.39 is 22.2 Å². The summed E-state index contributed by atoms with van der Waals surface area (Å²) < 4.78 is 14.2. The summed E-state index contributed by atoms with van der Waals surface area (Å²) in [4.78, 5) is 0. The predicted molar refractivity (Wildman–Crippen MR) is 196 cm³/mol. The van der Waals surface area contributed by atoms with Gasteiger partial charge in [-0.3, -0.25) is 0 Å². The van der Waals surface area contributed by atoms with Crippen LogP contribution in [0.1, 0.15) is 133 Å². The van der Waals surface area contributed by atoms with Gasteiger partial charge in [-0.05, 0) is 129 Å². The third-order valence-electron chi connectivity index (χ3n) is 12.9. The molecule has 1 N–H and O–H groups in total. The van der Waals surface area contributed by atoms with Gasteiger partial charge in [-0.2, -0.15) is 0 Å². The Morgan fingerprint density at radius 3 is 2.11 bits per heavy atom. The molecule has 0 heterocycles. The molecular formula is C39H72O3Si2. The molecule has 0 aromatic carbocycles. The quantitative estimate of drug-likeness (QED) is 0.240. The summed E-state index contributed by atoms with van der Waals surface area (Å²) in [5.41, 5.74) is 4.04. The molecular weight excluding hydrogens is 573 g/mol. The van der Waals surface area contributed by atoms with Crippen molar-refractivity contribution in [3.05, 3.63) is 35.5 Å². The number of rotatable bonds is 10. The largest absolute Gasteiger partial charge is 0.413 e. The zero-order valence-electron chi connectivity index (χ0n) is 31.6. The number of hydrogen-bond donors (Lipinski definition) is 1. The van der Waals surface area contributed by atoms with Gasteiger partial charge in [-0.25, -0.2) is 0 Å². The molecule has 3 nitrogen and oxygen atoms in total. The molecule has 3 fully saturated rings. The second-order valence-electron chi connectivity index (χ2n) is 19.0. The summed E-state index contributed by atoms with van der Waals surface area (Å²) in [6.07, 6.45) is 16.8. The fraction of sp³-hybridized carbons (Fsp3) is 0.846. The molecule has 0 spiro atoms. The van der Waals surface area contributed by atoms with Crippen LogP contribution in [0.25, 0.3) is 0 Å². The van der Waals surface area contributed by atoms with Crippen LogP contribution in [0.3, 0.4) is 0 Å². The molecule has 3 rings (SSSR count). The maximum absolute atomic E-state index is 10.2. The minimum atomic E-state index is -1.97. The highest BCUT2D eigenvalue weighted by Gasteiger charge is 2.50. The lowest BCUT2D eigenvalue weighted by atomic mass is 9.60. The van der Waals surface area contributed by atoms with E-state index in [1.54, 1.807) is 5.57 Å². The number of aliphatic hydroxyl groups is 1. The Balaban J connectivity index is 1.86. The molecule has 0 aromatic rings. The number of allylic oxidation sites excluding steroid dienone is 3.